The largest absolute Gasteiger partial charge is 0.480 e. The first-order valence-electron chi connectivity index (χ1n) is 5.74. The third-order valence-corrected chi connectivity index (χ3v) is 2.75. The predicted molar refractivity (Wildman–Crippen MR) is 65.9 cm³/mol. The third-order valence-electron chi connectivity index (χ3n) is 2.75. The quantitative estimate of drug-likeness (QED) is 0.786. The highest BCUT2D eigenvalue weighted by atomic mass is 16.4. The number of hydrogen-bond acceptors (Lipinski definition) is 3. The number of aliphatic hydroxyl groups excluding tert-OH is 1. The lowest BCUT2D eigenvalue weighted by molar-refractivity contribution is -0.143. The smallest absolute Gasteiger partial charge is 0.325 e. The molecule has 0 saturated carbocycles. The average Bonchev–Trinajstić information content (AvgIpc) is 2.28. The van der Waals surface area contributed by atoms with Crippen molar-refractivity contribution >= 4 is 5.97 Å². The second kappa shape index (κ2) is 6.37. The van der Waals surface area contributed by atoms with E-state index in [1.165, 1.54) is 0 Å². The molecule has 0 fully saturated rings. The van der Waals surface area contributed by atoms with Gasteiger partial charge in [-0.3, -0.25) is 9.69 Å². The molecule has 4 nitrogen and oxygen atoms in total. The van der Waals surface area contributed by atoms with Gasteiger partial charge in [0, 0.05) is 6.54 Å². The highest BCUT2D eigenvalue weighted by Crippen LogP contribution is 2.21. The van der Waals surface area contributed by atoms with Gasteiger partial charge in [-0.25, -0.2) is 0 Å². The van der Waals surface area contributed by atoms with E-state index in [4.69, 9.17) is 5.11 Å². The van der Waals surface area contributed by atoms with Gasteiger partial charge >= 0.3 is 5.97 Å². The molecule has 0 radical (unpaired) electrons. The van der Waals surface area contributed by atoms with Crippen molar-refractivity contribution in [3.05, 3.63) is 35.4 Å². The Kier molecular flexibility index (Phi) is 5.12. The van der Waals surface area contributed by atoms with Crippen LogP contribution in [0.25, 0.3) is 0 Å². The summed E-state index contributed by atoms with van der Waals surface area (Å²) in [6.07, 6.45) is 0. The molecular weight excluding hydrogens is 218 g/mol. The van der Waals surface area contributed by atoms with E-state index in [0.29, 0.717) is 13.1 Å². The molecule has 0 aromatic heterocycles. The molecular formula is C13H19NO3. The SMILES string of the molecule is CCN(CCO)C(C(=O)O)c1cccc(C)c1. The lowest BCUT2D eigenvalue weighted by Crippen LogP contribution is -2.36. The summed E-state index contributed by atoms with van der Waals surface area (Å²) in [5, 5.41) is 18.3. The van der Waals surface area contributed by atoms with E-state index in [0.717, 1.165) is 11.1 Å². The Morgan fingerprint density at radius 1 is 1.47 bits per heavy atom. The molecule has 0 aliphatic carbocycles. The average molecular weight is 237 g/mol. The van der Waals surface area contributed by atoms with Gasteiger partial charge in [-0.1, -0.05) is 36.8 Å². The molecule has 4 heteroatoms. The van der Waals surface area contributed by atoms with E-state index in [2.05, 4.69) is 0 Å². The third kappa shape index (κ3) is 3.54. The van der Waals surface area contributed by atoms with E-state index in [-0.39, 0.29) is 6.61 Å². The number of aliphatic carboxylic acids is 1. The number of likely N-dealkylation sites (N-methyl/N-ethyl adjacent to an activating group) is 1. The van der Waals surface area contributed by atoms with Crippen LogP contribution in [0.1, 0.15) is 24.1 Å². The van der Waals surface area contributed by atoms with Crippen molar-refractivity contribution in [3.63, 3.8) is 0 Å². The number of carboxylic acid groups (broad SMARTS) is 1. The van der Waals surface area contributed by atoms with Gasteiger partial charge < -0.3 is 10.2 Å². The summed E-state index contributed by atoms with van der Waals surface area (Å²) in [6.45, 7) is 4.74. The van der Waals surface area contributed by atoms with Crippen molar-refractivity contribution in [2.45, 2.75) is 19.9 Å². The second-order valence-electron chi connectivity index (χ2n) is 4.01. The summed E-state index contributed by atoms with van der Waals surface area (Å²) in [5.74, 6) is -0.883. The molecule has 0 spiro atoms. The fourth-order valence-electron chi connectivity index (χ4n) is 1.95. The predicted octanol–water partition coefficient (Wildman–Crippen LogP) is 1.43. The van der Waals surface area contributed by atoms with Crippen LogP contribution < -0.4 is 0 Å². The monoisotopic (exact) mass is 237 g/mol. The van der Waals surface area contributed by atoms with Gasteiger partial charge in [0.05, 0.1) is 6.61 Å². The van der Waals surface area contributed by atoms with E-state index in [1.54, 1.807) is 4.90 Å². The molecule has 1 aromatic rings. The van der Waals surface area contributed by atoms with Crippen LogP contribution in [-0.2, 0) is 4.79 Å². The minimum Gasteiger partial charge on any atom is -0.480 e. The van der Waals surface area contributed by atoms with Gasteiger partial charge in [0.1, 0.15) is 6.04 Å². The van der Waals surface area contributed by atoms with Crippen LogP contribution in [-0.4, -0.2) is 40.8 Å². The van der Waals surface area contributed by atoms with Crippen LogP contribution >= 0.6 is 0 Å². The topological polar surface area (TPSA) is 60.8 Å². The van der Waals surface area contributed by atoms with Crippen molar-refractivity contribution < 1.29 is 15.0 Å². The van der Waals surface area contributed by atoms with Crippen molar-refractivity contribution in [2.75, 3.05) is 19.7 Å². The molecule has 0 heterocycles. The van der Waals surface area contributed by atoms with Crippen LogP contribution in [0.15, 0.2) is 24.3 Å². The number of hydrogen-bond donors (Lipinski definition) is 2. The standard InChI is InChI=1S/C13H19NO3/c1-3-14(7-8-15)12(13(16)17)11-6-4-5-10(2)9-11/h4-6,9,12,15H,3,7-8H2,1-2H3,(H,16,17). The number of carbonyl (C=O) groups is 1. The van der Waals surface area contributed by atoms with Gasteiger partial charge in [-0.2, -0.15) is 0 Å². The van der Waals surface area contributed by atoms with E-state index >= 15 is 0 Å². The summed E-state index contributed by atoms with van der Waals surface area (Å²) in [6, 6.07) is 6.79. The Morgan fingerprint density at radius 2 is 2.18 bits per heavy atom. The second-order valence-corrected chi connectivity index (χ2v) is 4.01. The summed E-state index contributed by atoms with van der Waals surface area (Å²) in [5.41, 5.74) is 1.79. The highest BCUT2D eigenvalue weighted by Gasteiger charge is 2.25. The fraction of sp³-hybridized carbons (Fsp3) is 0.462. The zero-order valence-electron chi connectivity index (χ0n) is 10.3. The molecule has 0 aliphatic heterocycles. The molecule has 0 aliphatic rings. The molecule has 94 valence electrons. The van der Waals surface area contributed by atoms with Gasteiger partial charge in [0.25, 0.3) is 0 Å². The Balaban J connectivity index is 3.03. The van der Waals surface area contributed by atoms with Crippen LogP contribution in [0.2, 0.25) is 0 Å². The number of benzene rings is 1. The van der Waals surface area contributed by atoms with E-state index < -0.39 is 12.0 Å². The van der Waals surface area contributed by atoms with Gasteiger partial charge in [0.2, 0.25) is 0 Å². The molecule has 1 unspecified atom stereocenters. The maximum atomic E-state index is 11.4. The van der Waals surface area contributed by atoms with Crippen molar-refractivity contribution in [3.8, 4) is 0 Å². The van der Waals surface area contributed by atoms with E-state index in [9.17, 15) is 9.90 Å². The minimum absolute atomic E-state index is 0.0383. The first-order valence-corrected chi connectivity index (χ1v) is 5.74. The Bertz CT molecular complexity index is 379. The Morgan fingerprint density at radius 3 is 2.65 bits per heavy atom. The Hall–Kier alpha value is -1.39. The molecule has 0 bridgehead atoms. The minimum atomic E-state index is -0.883. The maximum absolute atomic E-state index is 11.4. The molecule has 0 saturated heterocycles. The summed E-state index contributed by atoms with van der Waals surface area (Å²) in [7, 11) is 0. The zero-order valence-corrected chi connectivity index (χ0v) is 10.3. The fourth-order valence-corrected chi connectivity index (χ4v) is 1.95. The number of aliphatic hydroxyl groups is 1. The summed E-state index contributed by atoms with van der Waals surface area (Å²) < 4.78 is 0. The summed E-state index contributed by atoms with van der Waals surface area (Å²) >= 11 is 0. The Labute approximate surface area is 101 Å². The molecule has 17 heavy (non-hydrogen) atoms. The van der Waals surface area contributed by atoms with Crippen LogP contribution in [0.3, 0.4) is 0 Å². The number of carboxylic acids is 1. The van der Waals surface area contributed by atoms with Gasteiger partial charge in [-0.15, -0.1) is 0 Å². The van der Waals surface area contributed by atoms with Crippen LogP contribution in [0, 0.1) is 6.92 Å². The lowest BCUT2D eigenvalue weighted by Gasteiger charge is -2.27. The number of rotatable bonds is 6. The molecule has 2 N–H and O–H groups in total. The van der Waals surface area contributed by atoms with Crippen LogP contribution in [0.5, 0.6) is 0 Å². The van der Waals surface area contributed by atoms with Crippen molar-refractivity contribution in [1.82, 2.24) is 4.90 Å². The van der Waals surface area contributed by atoms with Crippen LogP contribution in [0.4, 0.5) is 0 Å². The molecule has 1 rings (SSSR count). The molecule has 0 amide bonds. The normalized spacial score (nSPS) is 12.7. The van der Waals surface area contributed by atoms with Gasteiger partial charge in [0.15, 0.2) is 0 Å². The number of aryl methyl sites for hydroxylation is 1. The molecule has 1 aromatic carbocycles. The van der Waals surface area contributed by atoms with Crippen molar-refractivity contribution in [2.24, 2.45) is 0 Å². The van der Waals surface area contributed by atoms with Crippen molar-refractivity contribution in [1.29, 1.82) is 0 Å². The highest BCUT2D eigenvalue weighted by molar-refractivity contribution is 5.75. The molecule has 1 atom stereocenters. The van der Waals surface area contributed by atoms with E-state index in [1.807, 2.05) is 38.1 Å². The van der Waals surface area contributed by atoms with Gasteiger partial charge in [-0.05, 0) is 19.0 Å². The first-order chi connectivity index (χ1) is 8.10. The zero-order chi connectivity index (χ0) is 12.8. The number of nitrogens with zero attached hydrogens (tertiary/aromatic N) is 1. The maximum Gasteiger partial charge on any atom is 0.325 e. The first kappa shape index (κ1) is 13.7. The summed E-state index contributed by atoms with van der Waals surface area (Å²) in [4.78, 5) is 13.1. The lowest BCUT2D eigenvalue weighted by atomic mass is 10.0.